The zero-order valence-electron chi connectivity index (χ0n) is 20.1. The second-order valence-electron chi connectivity index (χ2n) is 9.41. The zero-order chi connectivity index (χ0) is 24.8. The van der Waals surface area contributed by atoms with Crippen LogP contribution in [0.1, 0.15) is 53.2 Å². The maximum Gasteiger partial charge on any atom is 0.269 e. The Morgan fingerprint density at radius 3 is 2.23 bits per heavy atom. The van der Waals surface area contributed by atoms with Crippen LogP contribution in [0.4, 0.5) is 5.69 Å². The number of hydrogen-bond acceptors (Lipinski definition) is 4. The number of nitrogens with one attached hydrogen (secondary N) is 1. The number of amides is 2. The first-order valence-corrected chi connectivity index (χ1v) is 12.4. The normalized spacial score (nSPS) is 12.1. The fraction of sp³-hybridized carbons (Fsp3) is 0.207. The van der Waals surface area contributed by atoms with E-state index in [1.54, 1.807) is 29.4 Å². The summed E-state index contributed by atoms with van der Waals surface area (Å²) in [5, 5.41) is 4.92. The third-order valence-corrected chi connectivity index (χ3v) is 6.28. The molecule has 0 aliphatic carbocycles. The minimum absolute atomic E-state index is 0.228. The van der Waals surface area contributed by atoms with Crippen molar-refractivity contribution in [1.29, 1.82) is 0 Å². The first-order chi connectivity index (χ1) is 16.8. The van der Waals surface area contributed by atoms with Crippen molar-refractivity contribution in [2.45, 2.75) is 38.8 Å². The summed E-state index contributed by atoms with van der Waals surface area (Å²) >= 11 is 1.36. The van der Waals surface area contributed by atoms with E-state index in [-0.39, 0.29) is 11.8 Å². The molecule has 0 fully saturated rings. The van der Waals surface area contributed by atoms with Gasteiger partial charge in [-0.2, -0.15) is 0 Å². The Balaban J connectivity index is 1.76. The molecule has 178 valence electrons. The van der Waals surface area contributed by atoms with Gasteiger partial charge in [0.05, 0.1) is 4.88 Å². The summed E-state index contributed by atoms with van der Waals surface area (Å²) in [6.45, 7) is 5.78. The Labute approximate surface area is 210 Å². The van der Waals surface area contributed by atoms with Gasteiger partial charge in [0, 0.05) is 29.2 Å². The molecule has 2 aromatic carbocycles. The summed E-state index contributed by atoms with van der Waals surface area (Å²) in [5.74, 6) is -0.488. The average molecular weight is 484 g/mol. The van der Waals surface area contributed by atoms with E-state index >= 15 is 0 Å². The number of hydrogen-bond donors (Lipinski definition) is 1. The van der Waals surface area contributed by atoms with Gasteiger partial charge in [-0.1, -0.05) is 54.6 Å². The number of rotatable bonds is 7. The molecule has 4 rings (SSSR count). The molecule has 1 atom stereocenters. The predicted octanol–water partition coefficient (Wildman–Crippen LogP) is 6.04. The maximum atomic E-state index is 13.8. The van der Waals surface area contributed by atoms with Crippen molar-refractivity contribution < 1.29 is 9.59 Å². The minimum Gasteiger partial charge on any atom is -0.349 e. The number of thiophene rings is 1. The van der Waals surface area contributed by atoms with Crippen molar-refractivity contribution in [3.05, 3.63) is 118 Å². The summed E-state index contributed by atoms with van der Waals surface area (Å²) in [4.78, 5) is 33.8. The van der Waals surface area contributed by atoms with Crippen LogP contribution in [0.25, 0.3) is 0 Å². The SMILES string of the molecule is CC(C)(C)NC(=O)C(c1cccnc1)N(C(=O)c1cccs1)c1ccc(Cc2ccccc2)cc1. The van der Waals surface area contributed by atoms with Gasteiger partial charge in [-0.25, -0.2) is 0 Å². The number of nitrogens with zero attached hydrogens (tertiary/aromatic N) is 2. The Kier molecular flexibility index (Phi) is 7.42. The molecule has 6 heteroatoms. The van der Waals surface area contributed by atoms with Crippen LogP contribution < -0.4 is 10.2 Å². The number of aromatic nitrogens is 1. The van der Waals surface area contributed by atoms with Crippen molar-refractivity contribution in [2.24, 2.45) is 0 Å². The Morgan fingerprint density at radius 1 is 0.914 bits per heavy atom. The lowest BCUT2D eigenvalue weighted by molar-refractivity contribution is -0.123. The highest BCUT2D eigenvalue weighted by atomic mass is 32.1. The molecule has 0 saturated carbocycles. The molecule has 0 saturated heterocycles. The van der Waals surface area contributed by atoms with Gasteiger partial charge < -0.3 is 5.32 Å². The highest BCUT2D eigenvalue weighted by Crippen LogP contribution is 2.31. The standard InChI is InChI=1S/C29H29N3O2S/c1-29(2,3)31-27(33)26(23-11-7-17-30-20-23)32(28(34)25-12-8-18-35-25)24-15-13-22(14-16-24)19-21-9-5-4-6-10-21/h4-18,20,26H,19H2,1-3H3,(H,31,33). The van der Waals surface area contributed by atoms with E-state index in [9.17, 15) is 9.59 Å². The molecule has 1 unspecified atom stereocenters. The first-order valence-electron chi connectivity index (χ1n) is 11.5. The lowest BCUT2D eigenvalue weighted by Gasteiger charge is -2.33. The molecule has 35 heavy (non-hydrogen) atoms. The second-order valence-corrected chi connectivity index (χ2v) is 10.4. The Bertz CT molecular complexity index is 1250. The molecule has 0 aliphatic rings. The first kappa shape index (κ1) is 24.4. The van der Waals surface area contributed by atoms with E-state index in [4.69, 9.17) is 0 Å². The largest absolute Gasteiger partial charge is 0.349 e. The van der Waals surface area contributed by atoms with Crippen molar-refractivity contribution in [1.82, 2.24) is 10.3 Å². The van der Waals surface area contributed by atoms with Gasteiger partial charge in [-0.3, -0.25) is 19.5 Å². The van der Waals surface area contributed by atoms with Crippen molar-refractivity contribution in [2.75, 3.05) is 4.90 Å². The molecule has 2 heterocycles. The second kappa shape index (κ2) is 10.7. The van der Waals surface area contributed by atoms with E-state index in [1.165, 1.54) is 16.9 Å². The quantitative estimate of drug-likeness (QED) is 0.349. The van der Waals surface area contributed by atoms with Gasteiger partial charge in [-0.05, 0) is 68.0 Å². The Morgan fingerprint density at radius 2 is 1.63 bits per heavy atom. The molecular formula is C29H29N3O2S. The van der Waals surface area contributed by atoms with Crippen molar-refractivity contribution in [3.63, 3.8) is 0 Å². The number of pyridine rings is 1. The molecule has 0 aliphatic heterocycles. The van der Waals surface area contributed by atoms with Gasteiger partial charge >= 0.3 is 0 Å². The molecule has 0 bridgehead atoms. The molecule has 2 aromatic heterocycles. The van der Waals surface area contributed by atoms with Crippen LogP contribution in [0.2, 0.25) is 0 Å². The number of benzene rings is 2. The lowest BCUT2D eigenvalue weighted by atomic mass is 10.0. The number of anilines is 1. The smallest absolute Gasteiger partial charge is 0.269 e. The van der Waals surface area contributed by atoms with Crippen LogP contribution in [-0.4, -0.2) is 22.3 Å². The topological polar surface area (TPSA) is 62.3 Å². The highest BCUT2D eigenvalue weighted by Gasteiger charge is 2.35. The summed E-state index contributed by atoms with van der Waals surface area (Å²) in [6.07, 6.45) is 4.09. The zero-order valence-corrected chi connectivity index (χ0v) is 21.0. The van der Waals surface area contributed by atoms with Crippen LogP contribution in [0.15, 0.2) is 96.6 Å². The molecular weight excluding hydrogens is 454 g/mol. The van der Waals surface area contributed by atoms with Crippen LogP contribution in [-0.2, 0) is 11.2 Å². The van der Waals surface area contributed by atoms with Gasteiger partial charge in [-0.15, -0.1) is 11.3 Å². The molecule has 5 nitrogen and oxygen atoms in total. The van der Waals surface area contributed by atoms with Crippen molar-refractivity contribution in [3.8, 4) is 0 Å². The summed E-state index contributed by atoms with van der Waals surface area (Å²) in [5.41, 5.74) is 3.17. The van der Waals surface area contributed by atoms with E-state index in [1.807, 2.05) is 80.7 Å². The van der Waals surface area contributed by atoms with Gasteiger partial charge in [0.15, 0.2) is 0 Å². The van der Waals surface area contributed by atoms with Gasteiger partial charge in [0.25, 0.3) is 5.91 Å². The fourth-order valence-corrected chi connectivity index (χ4v) is 4.56. The molecule has 0 radical (unpaired) electrons. The molecule has 1 N–H and O–H groups in total. The summed E-state index contributed by atoms with van der Waals surface area (Å²) in [6, 6.07) is 24.5. The Hall–Kier alpha value is -3.77. The summed E-state index contributed by atoms with van der Waals surface area (Å²) < 4.78 is 0. The lowest BCUT2D eigenvalue weighted by Crippen LogP contribution is -2.49. The third-order valence-electron chi connectivity index (χ3n) is 5.42. The number of carbonyl (C=O) groups excluding carboxylic acids is 2. The van der Waals surface area contributed by atoms with Crippen LogP contribution in [0.5, 0.6) is 0 Å². The van der Waals surface area contributed by atoms with E-state index in [0.717, 1.165) is 12.0 Å². The van der Waals surface area contributed by atoms with E-state index in [2.05, 4.69) is 22.4 Å². The highest BCUT2D eigenvalue weighted by molar-refractivity contribution is 7.12. The predicted molar refractivity (Wildman–Crippen MR) is 142 cm³/mol. The monoisotopic (exact) mass is 483 g/mol. The van der Waals surface area contributed by atoms with Gasteiger partial charge in [0.1, 0.15) is 6.04 Å². The third kappa shape index (κ3) is 6.22. The molecule has 0 spiro atoms. The minimum atomic E-state index is -0.877. The van der Waals surface area contributed by atoms with Crippen LogP contribution in [0, 0.1) is 0 Å². The maximum absolute atomic E-state index is 13.8. The average Bonchev–Trinajstić information content (AvgIpc) is 3.38. The molecule has 2 amide bonds. The van der Waals surface area contributed by atoms with Crippen molar-refractivity contribution >= 4 is 28.8 Å². The van der Waals surface area contributed by atoms with Crippen LogP contribution in [0.3, 0.4) is 0 Å². The van der Waals surface area contributed by atoms with E-state index in [0.29, 0.717) is 16.1 Å². The molecule has 4 aromatic rings. The fourth-order valence-electron chi connectivity index (χ4n) is 3.90. The number of carbonyl (C=O) groups is 2. The van der Waals surface area contributed by atoms with Gasteiger partial charge in [0.2, 0.25) is 5.91 Å². The summed E-state index contributed by atoms with van der Waals surface area (Å²) in [7, 11) is 0. The van der Waals surface area contributed by atoms with E-state index < -0.39 is 11.6 Å². The van der Waals surface area contributed by atoms with Crippen LogP contribution >= 0.6 is 11.3 Å².